The minimum Gasteiger partial charge on any atom is -0.343 e. The summed E-state index contributed by atoms with van der Waals surface area (Å²) in [5.74, 6) is 0.374. The first-order valence-corrected chi connectivity index (χ1v) is 7.89. The van der Waals surface area contributed by atoms with Crippen LogP contribution in [-0.2, 0) is 4.79 Å². The third-order valence-corrected chi connectivity index (χ3v) is 4.93. The average molecular weight is 266 g/mol. The molecular weight excluding hydrogens is 236 g/mol. The maximum atomic E-state index is 12.2. The Morgan fingerprint density at radius 2 is 1.68 bits per heavy atom. The van der Waals surface area contributed by atoms with E-state index in [1.807, 2.05) is 0 Å². The van der Waals surface area contributed by atoms with Crippen LogP contribution in [0.25, 0.3) is 0 Å². The third-order valence-electron chi connectivity index (χ3n) is 4.93. The molecule has 2 heterocycles. The van der Waals surface area contributed by atoms with Crippen LogP contribution in [0.2, 0.25) is 0 Å². The molecule has 0 aromatic rings. The summed E-state index contributed by atoms with van der Waals surface area (Å²) in [6, 6.07) is 0. The van der Waals surface area contributed by atoms with Crippen molar-refractivity contribution in [3.63, 3.8) is 0 Å². The van der Waals surface area contributed by atoms with Crippen LogP contribution in [0.3, 0.4) is 0 Å². The number of carbonyl (C=O) groups excluding carboxylic acids is 1. The summed E-state index contributed by atoms with van der Waals surface area (Å²) in [6.45, 7) is 10.9. The molecule has 0 bridgehead atoms. The van der Waals surface area contributed by atoms with Crippen molar-refractivity contribution >= 4 is 5.91 Å². The van der Waals surface area contributed by atoms with Gasteiger partial charge in [-0.2, -0.15) is 0 Å². The minimum atomic E-state index is 0.266. The zero-order valence-electron chi connectivity index (χ0n) is 12.9. The van der Waals surface area contributed by atoms with Crippen molar-refractivity contribution in [2.75, 3.05) is 26.2 Å². The third kappa shape index (κ3) is 4.20. The Bertz CT molecular complexity index is 303. The van der Waals surface area contributed by atoms with Crippen LogP contribution in [0.1, 0.15) is 59.3 Å². The normalized spacial score (nSPS) is 23.6. The maximum absolute atomic E-state index is 12.2. The summed E-state index contributed by atoms with van der Waals surface area (Å²) in [7, 11) is 0. The molecule has 1 amide bonds. The summed E-state index contributed by atoms with van der Waals surface area (Å²) in [5, 5.41) is 3.45. The number of nitrogens with one attached hydrogen (secondary N) is 1. The zero-order chi connectivity index (χ0) is 13.9. The number of carbonyl (C=O) groups is 1. The molecule has 19 heavy (non-hydrogen) atoms. The first-order valence-electron chi connectivity index (χ1n) is 7.89. The van der Waals surface area contributed by atoms with E-state index in [0.717, 1.165) is 39.0 Å². The van der Waals surface area contributed by atoms with E-state index in [-0.39, 0.29) is 5.41 Å². The van der Waals surface area contributed by atoms with E-state index >= 15 is 0 Å². The van der Waals surface area contributed by atoms with Gasteiger partial charge in [0.1, 0.15) is 0 Å². The lowest BCUT2D eigenvalue weighted by Crippen LogP contribution is -2.47. The molecular formula is C16H30N2O. The van der Waals surface area contributed by atoms with Crippen LogP contribution in [0.5, 0.6) is 0 Å². The van der Waals surface area contributed by atoms with Gasteiger partial charge in [0.25, 0.3) is 0 Å². The molecule has 0 aliphatic carbocycles. The van der Waals surface area contributed by atoms with Crippen molar-refractivity contribution in [3.05, 3.63) is 0 Å². The molecule has 2 aliphatic rings. The van der Waals surface area contributed by atoms with Gasteiger partial charge in [-0.1, -0.05) is 20.8 Å². The fourth-order valence-corrected chi connectivity index (χ4v) is 3.33. The van der Waals surface area contributed by atoms with Crippen molar-refractivity contribution in [2.45, 2.75) is 59.3 Å². The minimum absolute atomic E-state index is 0.266. The van der Waals surface area contributed by atoms with Gasteiger partial charge >= 0.3 is 0 Å². The highest BCUT2D eigenvalue weighted by atomic mass is 16.2. The quantitative estimate of drug-likeness (QED) is 0.833. The van der Waals surface area contributed by atoms with Crippen LogP contribution in [-0.4, -0.2) is 37.0 Å². The Morgan fingerprint density at radius 3 is 2.21 bits per heavy atom. The summed E-state index contributed by atoms with van der Waals surface area (Å²) in [4.78, 5) is 14.3. The van der Waals surface area contributed by atoms with Crippen LogP contribution in [0, 0.1) is 10.8 Å². The van der Waals surface area contributed by atoms with Gasteiger partial charge in [-0.25, -0.2) is 0 Å². The molecule has 2 rings (SSSR count). The van der Waals surface area contributed by atoms with E-state index in [1.165, 1.54) is 25.7 Å². The van der Waals surface area contributed by atoms with Gasteiger partial charge in [0.15, 0.2) is 0 Å². The Kier molecular flexibility index (Phi) is 4.54. The number of rotatable bonds is 2. The first-order chi connectivity index (χ1) is 8.90. The molecule has 0 saturated carbocycles. The Labute approximate surface area is 118 Å². The highest BCUT2D eigenvalue weighted by Gasteiger charge is 2.36. The Morgan fingerprint density at radius 1 is 1.11 bits per heavy atom. The number of nitrogens with zero attached hydrogens (tertiary/aromatic N) is 1. The molecule has 1 N–H and O–H groups in total. The van der Waals surface area contributed by atoms with E-state index in [1.54, 1.807) is 0 Å². The molecule has 2 saturated heterocycles. The molecule has 3 nitrogen and oxygen atoms in total. The molecule has 3 heteroatoms. The Balaban J connectivity index is 1.77. The van der Waals surface area contributed by atoms with Gasteiger partial charge in [0, 0.05) is 19.5 Å². The second kappa shape index (κ2) is 5.82. The smallest absolute Gasteiger partial charge is 0.222 e. The van der Waals surface area contributed by atoms with Crippen LogP contribution in [0.15, 0.2) is 0 Å². The summed E-state index contributed by atoms with van der Waals surface area (Å²) in [5.41, 5.74) is 0.813. The van der Waals surface area contributed by atoms with E-state index in [4.69, 9.17) is 0 Å². The lowest BCUT2D eigenvalue weighted by Gasteiger charge is -2.44. The van der Waals surface area contributed by atoms with E-state index in [9.17, 15) is 4.79 Å². The maximum Gasteiger partial charge on any atom is 0.222 e. The van der Waals surface area contributed by atoms with Gasteiger partial charge < -0.3 is 10.2 Å². The number of hydrogen-bond donors (Lipinski definition) is 1. The standard InChI is InChI=1S/C16H30N2O/c1-15(2,3)5-4-14(19)18-12-8-16(9-13-18)6-10-17-11-7-16/h17H,4-13H2,1-3H3. The van der Waals surface area contributed by atoms with Crippen LogP contribution in [0.4, 0.5) is 0 Å². The number of amides is 1. The second-order valence-electron chi connectivity index (χ2n) is 7.69. The topological polar surface area (TPSA) is 32.3 Å². The Hall–Kier alpha value is -0.570. The van der Waals surface area contributed by atoms with Gasteiger partial charge in [-0.3, -0.25) is 4.79 Å². The van der Waals surface area contributed by atoms with E-state index in [0.29, 0.717) is 11.3 Å². The fourth-order valence-electron chi connectivity index (χ4n) is 3.33. The monoisotopic (exact) mass is 266 g/mol. The number of hydrogen-bond acceptors (Lipinski definition) is 2. The van der Waals surface area contributed by atoms with Gasteiger partial charge in [0.2, 0.25) is 5.91 Å². The predicted octanol–water partition coefficient (Wildman–Crippen LogP) is 2.80. The molecule has 1 spiro atoms. The lowest BCUT2D eigenvalue weighted by molar-refractivity contribution is -0.134. The van der Waals surface area contributed by atoms with Crippen LogP contribution >= 0.6 is 0 Å². The average Bonchev–Trinajstić information content (AvgIpc) is 2.37. The van der Waals surface area contributed by atoms with Crippen molar-refractivity contribution < 1.29 is 4.79 Å². The van der Waals surface area contributed by atoms with E-state index < -0.39 is 0 Å². The van der Waals surface area contributed by atoms with Crippen molar-refractivity contribution in [3.8, 4) is 0 Å². The summed E-state index contributed by atoms with van der Waals surface area (Å²) in [6.07, 6.45) is 6.76. The molecule has 110 valence electrons. The van der Waals surface area contributed by atoms with E-state index in [2.05, 4.69) is 31.0 Å². The lowest BCUT2D eigenvalue weighted by atomic mass is 9.71. The van der Waals surface area contributed by atoms with Crippen LogP contribution < -0.4 is 5.32 Å². The molecule has 2 aliphatic heterocycles. The second-order valence-corrected chi connectivity index (χ2v) is 7.69. The van der Waals surface area contributed by atoms with Crippen molar-refractivity contribution in [1.82, 2.24) is 10.2 Å². The SMILES string of the molecule is CC(C)(C)CCC(=O)N1CCC2(CCNCC2)CC1. The molecule has 2 fully saturated rings. The first kappa shape index (κ1) is 14.8. The van der Waals surface area contributed by atoms with Gasteiger partial charge in [-0.15, -0.1) is 0 Å². The fraction of sp³-hybridized carbons (Fsp3) is 0.938. The van der Waals surface area contributed by atoms with Crippen molar-refractivity contribution in [2.24, 2.45) is 10.8 Å². The largest absolute Gasteiger partial charge is 0.343 e. The van der Waals surface area contributed by atoms with Gasteiger partial charge in [-0.05, 0) is 56.0 Å². The molecule has 0 unspecified atom stereocenters. The van der Waals surface area contributed by atoms with Crippen molar-refractivity contribution in [1.29, 1.82) is 0 Å². The molecule has 0 aromatic heterocycles. The highest BCUT2D eigenvalue weighted by molar-refractivity contribution is 5.76. The number of piperidine rings is 2. The molecule has 0 radical (unpaired) electrons. The van der Waals surface area contributed by atoms with Gasteiger partial charge in [0.05, 0.1) is 0 Å². The molecule has 0 aromatic carbocycles. The predicted molar refractivity (Wildman–Crippen MR) is 79.0 cm³/mol. The number of likely N-dealkylation sites (tertiary alicyclic amines) is 1. The molecule has 0 atom stereocenters. The summed E-state index contributed by atoms with van der Waals surface area (Å²) < 4.78 is 0. The highest BCUT2D eigenvalue weighted by Crippen LogP contribution is 2.39. The summed E-state index contributed by atoms with van der Waals surface area (Å²) >= 11 is 0. The zero-order valence-corrected chi connectivity index (χ0v) is 12.9.